The summed E-state index contributed by atoms with van der Waals surface area (Å²) in [6, 6.07) is 5.26. The number of aromatic hydroxyl groups is 1. The van der Waals surface area contributed by atoms with Gasteiger partial charge in [0.25, 0.3) is 0 Å². The Morgan fingerprint density at radius 1 is 1.33 bits per heavy atom. The van der Waals surface area contributed by atoms with Gasteiger partial charge in [0.2, 0.25) is 0 Å². The molecule has 1 aromatic rings. The number of aliphatic hydroxyl groups excluding tert-OH is 1. The van der Waals surface area contributed by atoms with E-state index in [1.165, 1.54) is 0 Å². The molecule has 1 rings (SSSR count). The lowest BCUT2D eigenvalue weighted by Crippen LogP contribution is -2.12. The summed E-state index contributed by atoms with van der Waals surface area (Å²) in [4.78, 5) is 0. The highest BCUT2D eigenvalue weighted by Crippen LogP contribution is 2.28. The van der Waals surface area contributed by atoms with E-state index in [-0.39, 0.29) is 18.4 Å². The van der Waals surface area contributed by atoms with Crippen LogP contribution in [-0.2, 0) is 0 Å². The summed E-state index contributed by atoms with van der Waals surface area (Å²) in [5.41, 5.74) is 7.61. The second-order valence-corrected chi connectivity index (χ2v) is 4.09. The van der Waals surface area contributed by atoms with Crippen LogP contribution in [0.4, 0.5) is 0 Å². The molecule has 0 heterocycles. The van der Waals surface area contributed by atoms with Gasteiger partial charge in [0.05, 0.1) is 0 Å². The number of benzene rings is 1. The molecule has 1 atom stereocenters. The van der Waals surface area contributed by atoms with Crippen molar-refractivity contribution in [3.8, 4) is 5.75 Å². The average molecular weight is 209 g/mol. The minimum atomic E-state index is -0.295. The van der Waals surface area contributed by atoms with Crippen LogP contribution in [0.5, 0.6) is 5.75 Å². The highest BCUT2D eigenvalue weighted by atomic mass is 16.3. The van der Waals surface area contributed by atoms with Crippen LogP contribution in [0.25, 0.3) is 0 Å². The predicted molar refractivity (Wildman–Crippen MR) is 60.8 cm³/mol. The first kappa shape index (κ1) is 12.0. The van der Waals surface area contributed by atoms with E-state index < -0.39 is 0 Å². The Hall–Kier alpha value is -1.06. The first-order chi connectivity index (χ1) is 7.06. The smallest absolute Gasteiger partial charge is 0.120 e. The maximum atomic E-state index is 9.78. The quantitative estimate of drug-likeness (QED) is 0.709. The molecule has 0 amide bonds. The maximum Gasteiger partial charge on any atom is 0.120 e. The molecule has 0 saturated carbocycles. The minimum Gasteiger partial charge on any atom is -0.508 e. The van der Waals surface area contributed by atoms with E-state index in [0.717, 1.165) is 5.56 Å². The van der Waals surface area contributed by atoms with E-state index >= 15 is 0 Å². The molecule has 1 unspecified atom stereocenters. The van der Waals surface area contributed by atoms with Gasteiger partial charge >= 0.3 is 0 Å². The van der Waals surface area contributed by atoms with Gasteiger partial charge in [0.15, 0.2) is 0 Å². The molecule has 1 aromatic carbocycles. The Morgan fingerprint density at radius 2 is 2.00 bits per heavy atom. The standard InChI is InChI=1S/C12H19NO2/c1-8(2)9-3-4-10(12(15)7-9)11(13)5-6-14/h3-4,7-8,11,14-15H,5-6,13H2,1-2H3. The van der Waals surface area contributed by atoms with Crippen LogP contribution in [0.15, 0.2) is 18.2 Å². The van der Waals surface area contributed by atoms with E-state index in [2.05, 4.69) is 13.8 Å². The molecular formula is C12H19NO2. The fourth-order valence-corrected chi connectivity index (χ4v) is 1.53. The first-order valence-electron chi connectivity index (χ1n) is 5.25. The molecule has 4 N–H and O–H groups in total. The SMILES string of the molecule is CC(C)c1ccc(C(N)CCO)c(O)c1. The van der Waals surface area contributed by atoms with Gasteiger partial charge in [-0.15, -0.1) is 0 Å². The van der Waals surface area contributed by atoms with Crippen molar-refractivity contribution < 1.29 is 10.2 Å². The molecule has 84 valence electrons. The highest BCUT2D eigenvalue weighted by molar-refractivity contribution is 5.39. The first-order valence-corrected chi connectivity index (χ1v) is 5.25. The lowest BCUT2D eigenvalue weighted by molar-refractivity contribution is 0.275. The van der Waals surface area contributed by atoms with Crippen LogP contribution in [0.1, 0.15) is 43.4 Å². The number of hydrogen-bond donors (Lipinski definition) is 3. The van der Waals surface area contributed by atoms with E-state index in [4.69, 9.17) is 10.8 Å². The summed E-state index contributed by atoms with van der Waals surface area (Å²) in [6.07, 6.45) is 0.467. The molecule has 0 radical (unpaired) electrons. The number of phenolic OH excluding ortho intramolecular Hbond substituents is 1. The molecule has 0 spiro atoms. The van der Waals surface area contributed by atoms with Crippen LogP contribution in [0.2, 0.25) is 0 Å². The molecule has 0 aliphatic rings. The van der Waals surface area contributed by atoms with Crippen LogP contribution in [0, 0.1) is 0 Å². The van der Waals surface area contributed by atoms with E-state index in [9.17, 15) is 5.11 Å². The Labute approximate surface area is 90.5 Å². The minimum absolute atomic E-state index is 0.0343. The molecular weight excluding hydrogens is 190 g/mol. The molecule has 0 aliphatic carbocycles. The van der Waals surface area contributed by atoms with Gasteiger partial charge in [-0.1, -0.05) is 26.0 Å². The Morgan fingerprint density at radius 3 is 2.47 bits per heavy atom. The zero-order valence-corrected chi connectivity index (χ0v) is 9.27. The van der Waals surface area contributed by atoms with Crippen molar-refractivity contribution >= 4 is 0 Å². The largest absolute Gasteiger partial charge is 0.508 e. The molecule has 3 nitrogen and oxygen atoms in total. The molecule has 0 fully saturated rings. The summed E-state index contributed by atoms with van der Waals surface area (Å²) in [6.45, 7) is 4.18. The number of aliphatic hydroxyl groups is 1. The fourth-order valence-electron chi connectivity index (χ4n) is 1.53. The van der Waals surface area contributed by atoms with Crippen molar-refractivity contribution in [1.82, 2.24) is 0 Å². The molecule has 0 aliphatic heterocycles. The topological polar surface area (TPSA) is 66.5 Å². The fraction of sp³-hybridized carbons (Fsp3) is 0.500. The van der Waals surface area contributed by atoms with Crippen LogP contribution >= 0.6 is 0 Å². The van der Waals surface area contributed by atoms with Crippen molar-refractivity contribution in [2.24, 2.45) is 5.73 Å². The lowest BCUT2D eigenvalue weighted by atomic mass is 9.97. The third kappa shape index (κ3) is 2.94. The normalized spacial score (nSPS) is 13.1. The number of rotatable bonds is 4. The number of phenols is 1. The second kappa shape index (κ2) is 5.14. The van der Waals surface area contributed by atoms with Crippen LogP contribution < -0.4 is 5.73 Å². The van der Waals surface area contributed by atoms with Crippen molar-refractivity contribution in [2.45, 2.75) is 32.2 Å². The average Bonchev–Trinajstić information content (AvgIpc) is 2.17. The van der Waals surface area contributed by atoms with Crippen molar-refractivity contribution in [3.05, 3.63) is 29.3 Å². The molecule has 0 bridgehead atoms. The van der Waals surface area contributed by atoms with Gasteiger partial charge in [-0.3, -0.25) is 0 Å². The van der Waals surface area contributed by atoms with Crippen LogP contribution in [-0.4, -0.2) is 16.8 Å². The van der Waals surface area contributed by atoms with Crippen LogP contribution in [0.3, 0.4) is 0 Å². The Balaban J connectivity index is 2.92. The third-order valence-electron chi connectivity index (χ3n) is 2.56. The van der Waals surface area contributed by atoms with Gasteiger partial charge < -0.3 is 15.9 Å². The van der Waals surface area contributed by atoms with Gasteiger partial charge in [-0.05, 0) is 24.0 Å². The van der Waals surface area contributed by atoms with Gasteiger partial charge in [0, 0.05) is 18.2 Å². The monoisotopic (exact) mass is 209 g/mol. The molecule has 15 heavy (non-hydrogen) atoms. The summed E-state index contributed by atoms with van der Waals surface area (Å²) in [7, 11) is 0. The van der Waals surface area contributed by atoms with Crippen molar-refractivity contribution in [1.29, 1.82) is 0 Å². The van der Waals surface area contributed by atoms with Crippen molar-refractivity contribution in [2.75, 3.05) is 6.61 Å². The molecule has 0 aromatic heterocycles. The summed E-state index contributed by atoms with van der Waals surface area (Å²) < 4.78 is 0. The molecule has 3 heteroatoms. The van der Waals surface area contributed by atoms with Gasteiger partial charge in [-0.25, -0.2) is 0 Å². The highest BCUT2D eigenvalue weighted by Gasteiger charge is 2.11. The molecule has 0 saturated heterocycles. The lowest BCUT2D eigenvalue weighted by Gasteiger charge is -2.14. The number of hydrogen-bond acceptors (Lipinski definition) is 3. The second-order valence-electron chi connectivity index (χ2n) is 4.09. The Kier molecular flexibility index (Phi) is 4.12. The van der Waals surface area contributed by atoms with Gasteiger partial charge in [-0.2, -0.15) is 0 Å². The summed E-state index contributed by atoms with van der Waals surface area (Å²) in [5, 5.41) is 18.5. The van der Waals surface area contributed by atoms with Gasteiger partial charge in [0.1, 0.15) is 5.75 Å². The Bertz CT molecular complexity index is 323. The van der Waals surface area contributed by atoms with E-state index in [1.54, 1.807) is 6.07 Å². The predicted octanol–water partition coefficient (Wildman–Crippen LogP) is 1.90. The van der Waals surface area contributed by atoms with Crippen molar-refractivity contribution in [3.63, 3.8) is 0 Å². The summed E-state index contributed by atoms with van der Waals surface area (Å²) in [5.74, 6) is 0.612. The van der Waals surface area contributed by atoms with E-state index in [0.29, 0.717) is 17.9 Å². The summed E-state index contributed by atoms with van der Waals surface area (Å²) >= 11 is 0. The number of nitrogens with two attached hydrogens (primary N) is 1. The maximum absolute atomic E-state index is 9.78. The zero-order chi connectivity index (χ0) is 11.4. The van der Waals surface area contributed by atoms with E-state index in [1.807, 2.05) is 12.1 Å². The zero-order valence-electron chi connectivity index (χ0n) is 9.27. The third-order valence-corrected chi connectivity index (χ3v) is 2.56.